The van der Waals surface area contributed by atoms with Crippen LogP contribution in [0.15, 0.2) is 0 Å². The average molecular weight is 111 g/mol. The molecule has 0 amide bonds. The van der Waals surface area contributed by atoms with Crippen molar-refractivity contribution in [2.24, 2.45) is 0 Å². The van der Waals surface area contributed by atoms with Crippen LogP contribution in [0.3, 0.4) is 0 Å². The van der Waals surface area contributed by atoms with Crippen molar-refractivity contribution < 1.29 is 4.79 Å². The van der Waals surface area contributed by atoms with Gasteiger partial charge in [-0.15, -0.1) is 0 Å². The number of hydrogen-bond donors (Lipinski definition) is 1. The highest BCUT2D eigenvalue weighted by atomic mass is 16.1. The van der Waals surface area contributed by atoms with Crippen LogP contribution in [0.5, 0.6) is 0 Å². The molecule has 0 aromatic heterocycles. The summed E-state index contributed by atoms with van der Waals surface area (Å²) in [6.45, 7) is 1.12. The fraction of sp³-hybridized carbons (Fsp3) is 0.833. The maximum atomic E-state index is 10.5. The maximum absolute atomic E-state index is 10.5. The van der Waals surface area contributed by atoms with Gasteiger partial charge >= 0.3 is 0 Å². The topological polar surface area (TPSA) is 29.1 Å². The van der Waals surface area contributed by atoms with Crippen molar-refractivity contribution in [1.29, 1.82) is 0 Å². The maximum Gasteiger partial charge on any atom is 0.136 e. The van der Waals surface area contributed by atoms with Gasteiger partial charge in [0.15, 0.2) is 0 Å². The van der Waals surface area contributed by atoms with Crippen LogP contribution in [0.25, 0.3) is 0 Å². The zero-order valence-electron chi connectivity index (χ0n) is 4.74. The molecule has 2 heteroatoms. The molecule has 0 unspecified atom stereocenters. The van der Waals surface area contributed by atoms with E-state index >= 15 is 0 Å². The molecule has 0 aromatic rings. The van der Waals surface area contributed by atoms with Gasteiger partial charge in [-0.2, -0.15) is 0 Å². The lowest BCUT2D eigenvalue weighted by molar-refractivity contribution is -0.132. The van der Waals surface area contributed by atoms with Crippen LogP contribution < -0.4 is 5.32 Å². The van der Waals surface area contributed by atoms with Gasteiger partial charge in [-0.3, -0.25) is 4.79 Å². The van der Waals surface area contributed by atoms with Gasteiger partial charge in [-0.05, 0) is 13.0 Å². The lowest BCUT2D eigenvalue weighted by atomic mass is 9.69. The number of ketones is 1. The summed E-state index contributed by atoms with van der Waals surface area (Å²) in [5.74, 6) is 0.428. The molecule has 1 heterocycles. The van der Waals surface area contributed by atoms with Crippen LogP contribution in [0.1, 0.15) is 19.3 Å². The third-order valence-corrected chi connectivity index (χ3v) is 2.17. The number of nitrogens with one attached hydrogen (secondary N) is 1. The van der Waals surface area contributed by atoms with E-state index in [0.29, 0.717) is 11.3 Å². The molecule has 0 atom stereocenters. The monoisotopic (exact) mass is 111 g/mol. The van der Waals surface area contributed by atoms with Gasteiger partial charge in [-0.1, -0.05) is 0 Å². The first kappa shape index (κ1) is 4.50. The second-order valence-electron chi connectivity index (χ2n) is 2.85. The van der Waals surface area contributed by atoms with Gasteiger partial charge in [0.05, 0.1) is 0 Å². The summed E-state index contributed by atoms with van der Waals surface area (Å²) in [4.78, 5) is 10.5. The molecule has 1 aliphatic carbocycles. The lowest BCUT2D eigenvalue weighted by Crippen LogP contribution is -2.64. The van der Waals surface area contributed by atoms with E-state index in [2.05, 4.69) is 5.32 Å². The molecule has 44 valence electrons. The Labute approximate surface area is 48.3 Å². The minimum absolute atomic E-state index is 0.317. The van der Waals surface area contributed by atoms with Crippen LogP contribution in [-0.2, 0) is 4.79 Å². The molecule has 2 aliphatic rings. The van der Waals surface area contributed by atoms with Gasteiger partial charge in [0, 0.05) is 18.4 Å². The summed E-state index contributed by atoms with van der Waals surface area (Å²) in [7, 11) is 0. The average Bonchev–Trinajstić information content (AvgIpc) is 1.51. The van der Waals surface area contributed by atoms with E-state index in [0.717, 1.165) is 19.4 Å². The van der Waals surface area contributed by atoms with Crippen molar-refractivity contribution in [3.05, 3.63) is 0 Å². The van der Waals surface area contributed by atoms with Crippen molar-refractivity contribution in [3.8, 4) is 0 Å². The van der Waals surface area contributed by atoms with Gasteiger partial charge in [0.1, 0.15) is 5.78 Å². The van der Waals surface area contributed by atoms with Crippen molar-refractivity contribution >= 4 is 5.78 Å². The van der Waals surface area contributed by atoms with Gasteiger partial charge in [0.25, 0.3) is 0 Å². The number of carbonyl (C=O) groups is 1. The van der Waals surface area contributed by atoms with Crippen LogP contribution in [0.2, 0.25) is 0 Å². The highest BCUT2D eigenvalue weighted by molar-refractivity contribution is 5.88. The smallest absolute Gasteiger partial charge is 0.136 e. The minimum atomic E-state index is 0.317. The van der Waals surface area contributed by atoms with Crippen LogP contribution in [0.4, 0.5) is 0 Å². The normalized spacial score (nSPS) is 31.8. The first-order chi connectivity index (χ1) is 3.81. The Bertz CT molecular complexity index is 127. The van der Waals surface area contributed by atoms with Gasteiger partial charge in [0.2, 0.25) is 0 Å². The van der Waals surface area contributed by atoms with Crippen molar-refractivity contribution in [2.75, 3.05) is 6.54 Å². The fourth-order valence-electron chi connectivity index (χ4n) is 1.48. The van der Waals surface area contributed by atoms with Gasteiger partial charge < -0.3 is 5.32 Å². The Morgan fingerprint density at radius 2 is 2.12 bits per heavy atom. The van der Waals surface area contributed by atoms with Crippen LogP contribution >= 0.6 is 0 Å². The molecule has 1 saturated heterocycles. The molecular formula is C6H9NO. The quantitative estimate of drug-likeness (QED) is 0.479. The molecule has 1 saturated carbocycles. The summed E-state index contributed by atoms with van der Waals surface area (Å²) >= 11 is 0. The summed E-state index contributed by atoms with van der Waals surface area (Å²) < 4.78 is 0. The van der Waals surface area contributed by atoms with Crippen molar-refractivity contribution in [1.82, 2.24) is 5.32 Å². The van der Waals surface area contributed by atoms with Gasteiger partial charge in [-0.25, -0.2) is 0 Å². The lowest BCUT2D eigenvalue weighted by Gasteiger charge is -2.49. The second kappa shape index (κ2) is 1.13. The largest absolute Gasteiger partial charge is 0.310 e. The number of Topliss-reactive ketones (excluding diaryl/α,β-unsaturated/α-hetero) is 1. The molecule has 0 bridgehead atoms. The van der Waals surface area contributed by atoms with E-state index in [1.54, 1.807) is 0 Å². The van der Waals surface area contributed by atoms with E-state index < -0.39 is 0 Å². The summed E-state index contributed by atoms with van der Waals surface area (Å²) in [6, 6.07) is 0. The van der Waals surface area contributed by atoms with Crippen molar-refractivity contribution in [2.45, 2.75) is 24.8 Å². The Morgan fingerprint density at radius 1 is 1.50 bits per heavy atom. The Kier molecular flexibility index (Phi) is 0.637. The van der Waals surface area contributed by atoms with E-state index in [1.807, 2.05) is 0 Å². The number of rotatable bonds is 0. The molecule has 0 aromatic carbocycles. The van der Waals surface area contributed by atoms with E-state index in [4.69, 9.17) is 0 Å². The van der Waals surface area contributed by atoms with E-state index in [-0.39, 0.29) is 0 Å². The molecular weight excluding hydrogens is 102 g/mol. The molecule has 1 aliphatic heterocycles. The molecule has 8 heavy (non-hydrogen) atoms. The zero-order chi connectivity index (χ0) is 5.61. The Balaban J connectivity index is 2.01. The van der Waals surface area contributed by atoms with Crippen LogP contribution in [0, 0.1) is 0 Å². The summed E-state index contributed by atoms with van der Waals surface area (Å²) in [6.07, 6.45) is 2.82. The Morgan fingerprint density at radius 3 is 2.25 bits per heavy atom. The molecule has 1 spiro atoms. The first-order valence-corrected chi connectivity index (χ1v) is 3.08. The summed E-state index contributed by atoms with van der Waals surface area (Å²) in [5, 5.41) is 3.27. The van der Waals surface area contributed by atoms with E-state index in [9.17, 15) is 4.79 Å². The molecule has 1 N–H and O–H groups in total. The minimum Gasteiger partial charge on any atom is -0.310 e. The highest BCUT2D eigenvalue weighted by Crippen LogP contribution is 2.36. The first-order valence-electron chi connectivity index (χ1n) is 3.08. The third kappa shape index (κ3) is 0.388. The standard InChI is InChI=1S/C6H9NO/c8-5-3-6(4-5)1-2-7-6/h7H,1-4H2. The molecule has 0 radical (unpaired) electrons. The zero-order valence-corrected chi connectivity index (χ0v) is 4.74. The Hall–Kier alpha value is -0.370. The second-order valence-corrected chi connectivity index (χ2v) is 2.85. The summed E-state index contributed by atoms with van der Waals surface area (Å²) in [5.41, 5.74) is 0.317. The predicted molar refractivity (Wildman–Crippen MR) is 29.6 cm³/mol. The van der Waals surface area contributed by atoms with Crippen molar-refractivity contribution in [3.63, 3.8) is 0 Å². The molecule has 2 nitrogen and oxygen atoms in total. The van der Waals surface area contributed by atoms with E-state index in [1.165, 1.54) is 6.42 Å². The third-order valence-electron chi connectivity index (χ3n) is 2.17. The SMILES string of the molecule is O=C1CC2(CCN2)C1. The molecule has 2 rings (SSSR count). The fourth-order valence-corrected chi connectivity index (χ4v) is 1.48. The predicted octanol–water partition coefficient (Wildman–Crippen LogP) is 0.0814. The van der Waals surface area contributed by atoms with Crippen LogP contribution in [-0.4, -0.2) is 17.9 Å². The number of hydrogen-bond acceptors (Lipinski definition) is 2. The number of carbonyl (C=O) groups excluding carboxylic acids is 1. The molecule has 2 fully saturated rings. The highest BCUT2D eigenvalue weighted by Gasteiger charge is 2.47.